The van der Waals surface area contributed by atoms with Gasteiger partial charge >= 0.3 is 0 Å². The van der Waals surface area contributed by atoms with Gasteiger partial charge in [-0.3, -0.25) is 4.79 Å². The minimum absolute atomic E-state index is 0.0613. The van der Waals surface area contributed by atoms with Crippen LogP contribution >= 0.6 is 0 Å². The first-order valence-corrected chi connectivity index (χ1v) is 10.4. The first-order valence-electron chi connectivity index (χ1n) is 8.72. The van der Waals surface area contributed by atoms with Crippen LogP contribution in [0.3, 0.4) is 0 Å². The van der Waals surface area contributed by atoms with E-state index in [-0.39, 0.29) is 21.8 Å². The number of rotatable bonds is 6. The molecule has 3 aromatic rings. The maximum absolute atomic E-state index is 13.9. The van der Waals surface area contributed by atoms with E-state index in [4.69, 9.17) is 0 Å². The van der Waals surface area contributed by atoms with Crippen molar-refractivity contribution in [2.75, 3.05) is 0 Å². The lowest BCUT2D eigenvalue weighted by molar-refractivity contribution is 0.0944. The van der Waals surface area contributed by atoms with Gasteiger partial charge in [0.25, 0.3) is 5.91 Å². The van der Waals surface area contributed by atoms with Crippen LogP contribution < -0.4 is 5.32 Å². The summed E-state index contributed by atoms with van der Waals surface area (Å²) in [7, 11) is -3.57. The van der Waals surface area contributed by atoms with Crippen LogP contribution in [0.4, 0.5) is 4.39 Å². The molecule has 0 spiro atoms. The van der Waals surface area contributed by atoms with Crippen molar-refractivity contribution < 1.29 is 17.6 Å². The molecule has 3 aromatic carbocycles. The first kappa shape index (κ1) is 20.2. The molecule has 0 fully saturated rings. The molecule has 0 saturated carbocycles. The monoisotopic (exact) mass is 408 g/mol. The number of hydrogen-bond donors (Lipinski definition) is 1. The topological polar surface area (TPSA) is 87.0 Å². The van der Waals surface area contributed by atoms with E-state index in [1.807, 2.05) is 6.07 Å². The Hall–Kier alpha value is -3.50. The maximum atomic E-state index is 13.9. The molecule has 0 heterocycles. The highest BCUT2D eigenvalue weighted by Gasteiger charge is 2.20. The average molecular weight is 408 g/mol. The van der Waals surface area contributed by atoms with E-state index < -0.39 is 27.6 Å². The molecule has 1 N–H and O–H groups in total. The molecule has 3 rings (SSSR count). The third kappa shape index (κ3) is 4.86. The van der Waals surface area contributed by atoms with E-state index in [1.54, 1.807) is 36.4 Å². The zero-order valence-electron chi connectivity index (χ0n) is 15.2. The second-order valence-corrected chi connectivity index (χ2v) is 8.32. The number of hydrogen-bond acceptors (Lipinski definition) is 4. The molecule has 0 saturated heterocycles. The van der Waals surface area contributed by atoms with E-state index in [2.05, 4.69) is 5.32 Å². The van der Waals surface area contributed by atoms with Crippen LogP contribution in [0.25, 0.3) is 0 Å². The zero-order valence-corrected chi connectivity index (χ0v) is 16.1. The van der Waals surface area contributed by atoms with Crippen molar-refractivity contribution in [1.82, 2.24) is 5.32 Å². The minimum Gasteiger partial charge on any atom is -0.332 e. The number of nitrogens with zero attached hydrogens (tertiary/aromatic N) is 1. The lowest BCUT2D eigenvalue weighted by atomic mass is 10.1. The number of carbonyl (C=O) groups is 1. The molecule has 0 aliphatic heterocycles. The molecule has 1 amide bonds. The smallest absolute Gasteiger partial charge is 0.252 e. The number of carbonyl (C=O) groups excluding carboxylic acids is 1. The number of amides is 1. The fourth-order valence-electron chi connectivity index (χ4n) is 2.84. The van der Waals surface area contributed by atoms with Gasteiger partial charge in [0.05, 0.1) is 16.7 Å². The third-order valence-electron chi connectivity index (χ3n) is 4.27. The molecule has 0 bridgehead atoms. The average Bonchev–Trinajstić information content (AvgIpc) is 2.73. The molecule has 146 valence electrons. The van der Waals surface area contributed by atoms with Crippen molar-refractivity contribution in [3.63, 3.8) is 0 Å². The number of nitrogens with one attached hydrogen (secondary N) is 1. The van der Waals surface area contributed by atoms with Crippen molar-refractivity contribution in [1.29, 1.82) is 5.26 Å². The number of sulfone groups is 1. The molecule has 5 nitrogen and oxygen atoms in total. The largest absolute Gasteiger partial charge is 0.332 e. The van der Waals surface area contributed by atoms with Gasteiger partial charge in [-0.1, -0.05) is 48.5 Å². The van der Waals surface area contributed by atoms with Gasteiger partial charge in [0.1, 0.15) is 11.9 Å². The Balaban J connectivity index is 1.79. The lowest BCUT2D eigenvalue weighted by Crippen LogP contribution is -2.28. The summed E-state index contributed by atoms with van der Waals surface area (Å²) < 4.78 is 39.0. The van der Waals surface area contributed by atoms with Gasteiger partial charge in [0.15, 0.2) is 9.84 Å². The number of benzene rings is 3. The summed E-state index contributed by atoms with van der Waals surface area (Å²) in [5, 5.41) is 11.8. The van der Waals surface area contributed by atoms with Crippen molar-refractivity contribution in [2.24, 2.45) is 0 Å². The fraction of sp³-hybridized carbons (Fsp3) is 0.0909. The Morgan fingerprint density at radius 3 is 2.38 bits per heavy atom. The van der Waals surface area contributed by atoms with Crippen molar-refractivity contribution >= 4 is 15.7 Å². The van der Waals surface area contributed by atoms with Crippen LogP contribution in [-0.4, -0.2) is 14.3 Å². The van der Waals surface area contributed by atoms with Crippen LogP contribution in [0.2, 0.25) is 0 Å². The molecule has 29 heavy (non-hydrogen) atoms. The fourth-order valence-corrected chi connectivity index (χ4v) is 4.19. The Kier molecular flexibility index (Phi) is 6.05. The summed E-state index contributed by atoms with van der Waals surface area (Å²) >= 11 is 0. The van der Waals surface area contributed by atoms with Gasteiger partial charge in [-0.05, 0) is 35.9 Å². The van der Waals surface area contributed by atoms with Crippen LogP contribution in [0.1, 0.15) is 27.5 Å². The molecule has 0 aliphatic rings. The third-order valence-corrected chi connectivity index (χ3v) is 5.97. The first-order chi connectivity index (χ1) is 13.9. The van der Waals surface area contributed by atoms with Gasteiger partial charge in [0, 0.05) is 11.1 Å². The highest BCUT2D eigenvalue weighted by atomic mass is 32.2. The molecule has 1 atom stereocenters. The highest BCUT2D eigenvalue weighted by molar-refractivity contribution is 7.90. The van der Waals surface area contributed by atoms with E-state index in [1.165, 1.54) is 42.5 Å². The lowest BCUT2D eigenvalue weighted by Gasteiger charge is -2.13. The van der Waals surface area contributed by atoms with Crippen LogP contribution in [0, 0.1) is 17.1 Å². The summed E-state index contributed by atoms with van der Waals surface area (Å²) in [4.78, 5) is 12.7. The second-order valence-electron chi connectivity index (χ2n) is 6.33. The van der Waals surface area contributed by atoms with E-state index in [0.717, 1.165) is 0 Å². The summed E-state index contributed by atoms with van der Waals surface area (Å²) in [6.07, 6.45) is 0. The molecular weight excluding hydrogens is 391 g/mol. The molecule has 0 aliphatic carbocycles. The van der Waals surface area contributed by atoms with Gasteiger partial charge in [-0.25, -0.2) is 12.8 Å². The molecular formula is C22H17FN2O3S. The Bertz CT molecular complexity index is 1170. The van der Waals surface area contributed by atoms with E-state index in [0.29, 0.717) is 5.56 Å². The Morgan fingerprint density at radius 1 is 1.00 bits per heavy atom. The SMILES string of the molecule is N#CC(NC(=O)c1cccc(CS(=O)(=O)c2ccccc2)c1)c1ccccc1F. The summed E-state index contributed by atoms with van der Waals surface area (Å²) in [6.45, 7) is 0. The predicted octanol–water partition coefficient (Wildman–Crippen LogP) is 3.79. The molecule has 0 aromatic heterocycles. The molecule has 0 radical (unpaired) electrons. The van der Waals surface area contributed by atoms with E-state index in [9.17, 15) is 22.9 Å². The van der Waals surface area contributed by atoms with E-state index >= 15 is 0 Å². The highest BCUT2D eigenvalue weighted by Crippen LogP contribution is 2.19. The number of halogens is 1. The van der Waals surface area contributed by atoms with Crippen molar-refractivity contribution in [2.45, 2.75) is 16.7 Å². The minimum atomic E-state index is -3.57. The van der Waals surface area contributed by atoms with Crippen LogP contribution in [-0.2, 0) is 15.6 Å². The zero-order chi connectivity index (χ0) is 20.9. The standard InChI is InChI=1S/C22H17FN2O3S/c23-20-12-5-4-11-19(20)21(14-24)25-22(26)17-8-6-7-16(13-17)15-29(27,28)18-9-2-1-3-10-18/h1-13,21H,15H2,(H,25,26). The maximum Gasteiger partial charge on any atom is 0.252 e. The quantitative estimate of drug-likeness (QED) is 0.672. The van der Waals surface area contributed by atoms with Crippen molar-refractivity contribution in [3.05, 3.63) is 101 Å². The summed E-state index contributed by atoms with van der Waals surface area (Å²) in [5.74, 6) is -1.46. The summed E-state index contributed by atoms with van der Waals surface area (Å²) in [5.41, 5.74) is 0.675. The van der Waals surface area contributed by atoms with Crippen LogP contribution in [0.15, 0.2) is 83.8 Å². The molecule has 1 unspecified atom stereocenters. The van der Waals surface area contributed by atoms with Gasteiger partial charge in [0.2, 0.25) is 0 Å². The Morgan fingerprint density at radius 2 is 1.69 bits per heavy atom. The number of nitriles is 1. The normalized spacial score (nSPS) is 12.0. The second kappa shape index (κ2) is 8.67. The predicted molar refractivity (Wildman–Crippen MR) is 106 cm³/mol. The van der Waals surface area contributed by atoms with Gasteiger partial charge in [-0.2, -0.15) is 5.26 Å². The Labute approximate surface area is 168 Å². The molecule has 7 heteroatoms. The summed E-state index contributed by atoms with van der Waals surface area (Å²) in [6, 6.07) is 20.6. The van der Waals surface area contributed by atoms with Crippen LogP contribution in [0.5, 0.6) is 0 Å². The van der Waals surface area contributed by atoms with Gasteiger partial charge < -0.3 is 5.32 Å². The van der Waals surface area contributed by atoms with Crippen molar-refractivity contribution in [3.8, 4) is 6.07 Å². The van der Waals surface area contributed by atoms with Gasteiger partial charge in [-0.15, -0.1) is 0 Å².